The first-order chi connectivity index (χ1) is 10.4. The van der Waals surface area contributed by atoms with Crippen molar-refractivity contribution < 1.29 is 9.53 Å². The summed E-state index contributed by atoms with van der Waals surface area (Å²) >= 11 is 0. The summed E-state index contributed by atoms with van der Waals surface area (Å²) in [6.07, 6.45) is 4.06. The molecule has 22 heavy (non-hydrogen) atoms. The number of carbonyl (C=O) groups excluding carboxylic acids is 1. The van der Waals surface area contributed by atoms with Crippen LogP contribution in [-0.4, -0.2) is 24.8 Å². The van der Waals surface area contributed by atoms with E-state index in [0.29, 0.717) is 0 Å². The Balaban J connectivity index is 2.16. The highest BCUT2D eigenvalue weighted by Crippen LogP contribution is 2.31. The number of anilines is 2. The summed E-state index contributed by atoms with van der Waals surface area (Å²) in [5.41, 5.74) is 2.81. The number of rotatable bonds is 4. The average Bonchev–Trinajstić information content (AvgIpc) is 2.45. The second-order valence-corrected chi connectivity index (χ2v) is 6.86. The van der Waals surface area contributed by atoms with E-state index in [9.17, 15) is 4.79 Å². The normalized spacial score (nSPS) is 14.5. The predicted octanol–water partition coefficient (Wildman–Crippen LogP) is 4.59. The third-order valence-corrected chi connectivity index (χ3v) is 3.68. The van der Waals surface area contributed by atoms with Gasteiger partial charge in [-0.25, -0.2) is 4.79 Å². The smallest absolute Gasteiger partial charge is 0.414 e. The fourth-order valence-electron chi connectivity index (χ4n) is 2.60. The molecule has 0 atom stereocenters. The van der Waals surface area contributed by atoms with Crippen LogP contribution in [0.2, 0.25) is 0 Å². The highest BCUT2D eigenvalue weighted by molar-refractivity contribution is 5.90. The zero-order valence-electron chi connectivity index (χ0n) is 14.2. The van der Waals surface area contributed by atoms with Crippen molar-refractivity contribution in [1.82, 2.24) is 0 Å². The van der Waals surface area contributed by atoms with Gasteiger partial charge in [0.25, 0.3) is 0 Å². The Morgan fingerprint density at radius 2 is 2.14 bits per heavy atom. The largest absolute Gasteiger partial charge is 0.443 e. The minimum absolute atomic E-state index is 0.251. The summed E-state index contributed by atoms with van der Waals surface area (Å²) in [6, 6.07) is 6.31. The maximum atomic E-state index is 12.4. The van der Waals surface area contributed by atoms with Crippen molar-refractivity contribution in [2.24, 2.45) is 0 Å². The molecule has 122 valence electrons. The molecule has 1 aromatic rings. The van der Waals surface area contributed by atoms with Gasteiger partial charge in [-0.1, -0.05) is 19.4 Å². The zero-order valence-corrected chi connectivity index (χ0v) is 14.2. The summed E-state index contributed by atoms with van der Waals surface area (Å²) < 4.78 is 5.54. The van der Waals surface area contributed by atoms with E-state index in [4.69, 9.17) is 4.74 Å². The van der Waals surface area contributed by atoms with Crippen LogP contribution in [0.3, 0.4) is 0 Å². The van der Waals surface area contributed by atoms with Crippen molar-refractivity contribution in [3.8, 4) is 0 Å². The zero-order chi connectivity index (χ0) is 16.2. The number of hydrogen-bond donors (Lipinski definition) is 1. The van der Waals surface area contributed by atoms with Gasteiger partial charge in [0.05, 0.1) is 5.69 Å². The highest BCUT2D eigenvalue weighted by atomic mass is 16.6. The number of fused-ring (bicyclic) bond motifs is 1. The fraction of sp³-hybridized carbons (Fsp3) is 0.611. The monoisotopic (exact) mass is 304 g/mol. The van der Waals surface area contributed by atoms with Crippen LogP contribution < -0.4 is 10.2 Å². The van der Waals surface area contributed by atoms with E-state index in [-0.39, 0.29) is 6.09 Å². The number of nitrogens with zero attached hydrogens (tertiary/aromatic N) is 1. The Bertz CT molecular complexity index is 520. The Morgan fingerprint density at radius 3 is 2.82 bits per heavy atom. The van der Waals surface area contributed by atoms with Gasteiger partial charge in [-0.3, -0.25) is 4.90 Å². The van der Waals surface area contributed by atoms with Crippen molar-refractivity contribution in [2.75, 3.05) is 23.3 Å². The van der Waals surface area contributed by atoms with E-state index in [1.165, 1.54) is 12.0 Å². The lowest BCUT2D eigenvalue weighted by Gasteiger charge is -2.32. The van der Waals surface area contributed by atoms with Crippen molar-refractivity contribution in [3.05, 3.63) is 23.8 Å². The molecule has 4 nitrogen and oxygen atoms in total. The maximum absolute atomic E-state index is 12.4. The van der Waals surface area contributed by atoms with E-state index in [2.05, 4.69) is 30.4 Å². The van der Waals surface area contributed by atoms with E-state index >= 15 is 0 Å². The van der Waals surface area contributed by atoms with Crippen molar-refractivity contribution in [1.29, 1.82) is 0 Å². The van der Waals surface area contributed by atoms with Crippen molar-refractivity contribution in [3.63, 3.8) is 0 Å². The maximum Gasteiger partial charge on any atom is 0.414 e. The number of carbonyl (C=O) groups is 1. The third-order valence-electron chi connectivity index (χ3n) is 3.68. The molecule has 0 radical (unpaired) electrons. The third kappa shape index (κ3) is 4.39. The Hall–Kier alpha value is -1.71. The molecule has 0 spiro atoms. The lowest BCUT2D eigenvalue weighted by Crippen LogP contribution is -2.39. The molecule has 1 aromatic carbocycles. The van der Waals surface area contributed by atoms with Crippen LogP contribution in [-0.2, 0) is 11.2 Å². The van der Waals surface area contributed by atoms with Gasteiger partial charge < -0.3 is 10.1 Å². The molecule has 1 heterocycles. The molecule has 1 aliphatic heterocycles. The van der Waals surface area contributed by atoms with E-state index < -0.39 is 5.60 Å². The SMILES string of the molecule is CCCCNc1ccc2c(c1)N(C(=O)OC(C)(C)C)CCC2. The summed E-state index contributed by atoms with van der Waals surface area (Å²) in [4.78, 5) is 14.2. The molecule has 0 saturated heterocycles. The molecule has 1 N–H and O–H groups in total. The molecule has 0 unspecified atom stereocenters. The minimum atomic E-state index is -0.467. The number of unbranched alkanes of at least 4 members (excludes halogenated alkanes) is 1. The molecular formula is C18H28N2O2. The van der Waals surface area contributed by atoms with Gasteiger partial charge in [0.2, 0.25) is 0 Å². The average molecular weight is 304 g/mol. The minimum Gasteiger partial charge on any atom is -0.443 e. The van der Waals surface area contributed by atoms with Gasteiger partial charge in [-0.2, -0.15) is 0 Å². The molecule has 0 saturated carbocycles. The van der Waals surface area contributed by atoms with E-state index in [1.807, 2.05) is 20.8 Å². The van der Waals surface area contributed by atoms with Gasteiger partial charge >= 0.3 is 6.09 Å². The van der Waals surface area contributed by atoms with Crippen LogP contribution in [0.25, 0.3) is 0 Å². The van der Waals surface area contributed by atoms with E-state index in [0.717, 1.165) is 43.7 Å². The second kappa shape index (κ2) is 7.03. The van der Waals surface area contributed by atoms with Crippen LogP contribution in [0.15, 0.2) is 18.2 Å². The first-order valence-electron chi connectivity index (χ1n) is 8.28. The molecule has 4 heteroatoms. The number of benzene rings is 1. The highest BCUT2D eigenvalue weighted by Gasteiger charge is 2.27. The van der Waals surface area contributed by atoms with Crippen LogP contribution in [0.4, 0.5) is 16.2 Å². The number of ether oxygens (including phenoxy) is 1. The summed E-state index contributed by atoms with van der Waals surface area (Å²) in [7, 11) is 0. The molecule has 0 fully saturated rings. The topological polar surface area (TPSA) is 41.6 Å². The van der Waals surface area contributed by atoms with Gasteiger partial charge in [0.1, 0.15) is 5.60 Å². The van der Waals surface area contributed by atoms with Crippen LogP contribution in [0.5, 0.6) is 0 Å². The number of amides is 1. The number of aryl methyl sites for hydroxylation is 1. The van der Waals surface area contributed by atoms with Crippen molar-refractivity contribution in [2.45, 2.75) is 59.0 Å². The van der Waals surface area contributed by atoms with Gasteiger partial charge in [0.15, 0.2) is 0 Å². The van der Waals surface area contributed by atoms with Crippen LogP contribution >= 0.6 is 0 Å². The summed E-state index contributed by atoms with van der Waals surface area (Å²) in [6.45, 7) is 9.57. The Labute approximate surface area is 133 Å². The second-order valence-electron chi connectivity index (χ2n) is 6.86. The molecule has 0 aromatic heterocycles. The lowest BCUT2D eigenvalue weighted by molar-refractivity contribution is 0.0578. The quantitative estimate of drug-likeness (QED) is 0.827. The number of hydrogen-bond acceptors (Lipinski definition) is 3. The number of nitrogens with one attached hydrogen (secondary N) is 1. The molecular weight excluding hydrogens is 276 g/mol. The summed E-state index contributed by atoms with van der Waals surface area (Å²) in [5, 5.41) is 3.42. The standard InChI is InChI=1S/C18H28N2O2/c1-5-6-11-19-15-10-9-14-8-7-12-20(16(14)13-15)17(21)22-18(2,3)4/h9-10,13,19H,5-8,11-12H2,1-4H3. The van der Waals surface area contributed by atoms with Crippen LogP contribution in [0, 0.1) is 0 Å². The lowest BCUT2D eigenvalue weighted by atomic mass is 10.0. The van der Waals surface area contributed by atoms with Crippen molar-refractivity contribution >= 4 is 17.5 Å². The first-order valence-corrected chi connectivity index (χ1v) is 8.28. The van der Waals surface area contributed by atoms with Crippen LogP contribution in [0.1, 0.15) is 52.5 Å². The van der Waals surface area contributed by atoms with Gasteiger partial charge in [0, 0.05) is 18.8 Å². The first kappa shape index (κ1) is 16.7. The fourth-order valence-corrected chi connectivity index (χ4v) is 2.60. The van der Waals surface area contributed by atoms with Gasteiger partial charge in [-0.15, -0.1) is 0 Å². The summed E-state index contributed by atoms with van der Waals surface area (Å²) in [5.74, 6) is 0. The predicted molar refractivity (Wildman–Crippen MR) is 91.7 cm³/mol. The molecule has 0 aliphatic carbocycles. The van der Waals surface area contributed by atoms with Gasteiger partial charge in [-0.05, 0) is 57.7 Å². The molecule has 0 bridgehead atoms. The molecule has 2 rings (SSSR count). The van der Waals surface area contributed by atoms with E-state index in [1.54, 1.807) is 4.90 Å². The molecule has 1 aliphatic rings. The Morgan fingerprint density at radius 1 is 1.36 bits per heavy atom. The Kier molecular flexibility index (Phi) is 5.33. The molecule has 1 amide bonds.